The molecule has 2 aromatic heterocycles. The summed E-state index contributed by atoms with van der Waals surface area (Å²) in [6, 6.07) is 0. The predicted molar refractivity (Wildman–Crippen MR) is 56.3 cm³/mol. The highest BCUT2D eigenvalue weighted by Crippen LogP contribution is 2.18. The van der Waals surface area contributed by atoms with E-state index in [2.05, 4.69) is 32.9 Å². The number of rotatable bonds is 2. The third-order valence-corrected chi connectivity index (χ3v) is 3.18. The molecule has 0 aliphatic carbocycles. The average Bonchev–Trinajstić information content (AvgIpc) is 2.71. The number of hydrogen-bond acceptors (Lipinski definition) is 3. The van der Waals surface area contributed by atoms with Gasteiger partial charge >= 0.3 is 0 Å². The van der Waals surface area contributed by atoms with E-state index in [0.29, 0.717) is 0 Å². The fourth-order valence-electron chi connectivity index (χ4n) is 0.972. The van der Waals surface area contributed by atoms with Gasteiger partial charge in [0.1, 0.15) is 0 Å². The summed E-state index contributed by atoms with van der Waals surface area (Å²) in [5.74, 6) is 0. The monoisotopic (exact) mass is 257 g/mol. The van der Waals surface area contributed by atoms with Crippen LogP contribution in [0.5, 0.6) is 0 Å². The van der Waals surface area contributed by atoms with E-state index in [-0.39, 0.29) is 0 Å². The molecule has 0 amide bonds. The van der Waals surface area contributed by atoms with E-state index in [1.165, 1.54) is 4.88 Å². The number of thiazole rings is 1. The average molecular weight is 258 g/mol. The maximum atomic E-state index is 4.27. The Morgan fingerprint density at radius 1 is 1.54 bits per heavy atom. The summed E-state index contributed by atoms with van der Waals surface area (Å²) in [7, 11) is 0. The van der Waals surface area contributed by atoms with Gasteiger partial charge in [0.15, 0.2) is 0 Å². The molecule has 0 aliphatic heterocycles. The lowest BCUT2D eigenvalue weighted by Crippen LogP contribution is -1.91. The van der Waals surface area contributed by atoms with Crippen molar-refractivity contribution >= 4 is 27.3 Å². The van der Waals surface area contributed by atoms with Crippen LogP contribution in [0.4, 0.5) is 0 Å². The number of nitrogens with zero attached hydrogens (tertiary/aromatic N) is 3. The van der Waals surface area contributed by atoms with E-state index >= 15 is 0 Å². The Bertz CT molecular complexity index is 407. The number of aromatic nitrogens is 3. The van der Waals surface area contributed by atoms with Crippen molar-refractivity contribution in [2.45, 2.75) is 13.3 Å². The summed E-state index contributed by atoms with van der Waals surface area (Å²) in [5.41, 5.74) is 0. The maximum absolute atomic E-state index is 4.27. The van der Waals surface area contributed by atoms with Crippen molar-refractivity contribution in [1.82, 2.24) is 14.8 Å². The Morgan fingerprint density at radius 2 is 2.38 bits per heavy atom. The first kappa shape index (κ1) is 8.90. The molecule has 2 heterocycles. The third-order valence-electron chi connectivity index (χ3n) is 1.64. The number of hydrogen-bond donors (Lipinski definition) is 0. The molecule has 0 spiro atoms. The van der Waals surface area contributed by atoms with E-state index < -0.39 is 0 Å². The second-order valence-electron chi connectivity index (χ2n) is 2.57. The second kappa shape index (κ2) is 3.59. The van der Waals surface area contributed by atoms with Gasteiger partial charge in [0.05, 0.1) is 10.7 Å². The zero-order valence-corrected chi connectivity index (χ0v) is 9.47. The fraction of sp³-hybridized carbons (Fsp3) is 0.250. The van der Waals surface area contributed by atoms with E-state index in [9.17, 15) is 0 Å². The molecule has 0 atom stereocenters. The molecular weight excluding hydrogens is 250 g/mol. The van der Waals surface area contributed by atoms with E-state index in [0.717, 1.165) is 16.0 Å². The quantitative estimate of drug-likeness (QED) is 0.829. The van der Waals surface area contributed by atoms with Gasteiger partial charge in [-0.3, -0.25) is 0 Å². The summed E-state index contributed by atoms with van der Waals surface area (Å²) < 4.78 is 2.74. The highest BCUT2D eigenvalue weighted by Gasteiger charge is 2.03. The standard InChI is InChI=1S/C8H8BrN3S/c1-2-7-4-10-8(13-7)12-5-6(9)3-11-12/h3-5H,2H2,1H3. The lowest BCUT2D eigenvalue weighted by atomic mass is 10.4. The topological polar surface area (TPSA) is 30.7 Å². The van der Waals surface area contributed by atoms with Crippen LogP contribution in [0.3, 0.4) is 0 Å². The molecule has 0 radical (unpaired) electrons. The van der Waals surface area contributed by atoms with E-state index in [1.54, 1.807) is 22.2 Å². The zero-order valence-electron chi connectivity index (χ0n) is 7.07. The van der Waals surface area contributed by atoms with Crippen LogP contribution in [0, 0.1) is 0 Å². The Morgan fingerprint density at radius 3 is 2.92 bits per heavy atom. The van der Waals surface area contributed by atoms with Crippen molar-refractivity contribution in [3.63, 3.8) is 0 Å². The molecule has 0 unspecified atom stereocenters. The van der Waals surface area contributed by atoms with Crippen LogP contribution in [0.2, 0.25) is 0 Å². The summed E-state index contributed by atoms with van der Waals surface area (Å²) in [5, 5.41) is 5.07. The minimum atomic E-state index is 0.919. The molecule has 2 rings (SSSR count). The van der Waals surface area contributed by atoms with Crippen molar-refractivity contribution in [1.29, 1.82) is 0 Å². The summed E-state index contributed by atoms with van der Waals surface area (Å²) >= 11 is 5.01. The first-order valence-electron chi connectivity index (χ1n) is 3.95. The van der Waals surface area contributed by atoms with Crippen molar-refractivity contribution in [2.24, 2.45) is 0 Å². The van der Waals surface area contributed by atoms with Gasteiger partial charge in [-0.05, 0) is 22.4 Å². The van der Waals surface area contributed by atoms with Crippen LogP contribution in [-0.2, 0) is 6.42 Å². The molecule has 0 aliphatic rings. The first-order chi connectivity index (χ1) is 6.29. The van der Waals surface area contributed by atoms with Crippen LogP contribution in [0.15, 0.2) is 23.1 Å². The van der Waals surface area contributed by atoms with Gasteiger partial charge in [0.2, 0.25) is 5.13 Å². The zero-order chi connectivity index (χ0) is 9.26. The molecular formula is C8H8BrN3S. The van der Waals surface area contributed by atoms with Gasteiger partial charge in [0, 0.05) is 17.3 Å². The number of halogens is 1. The molecule has 5 heteroatoms. The SMILES string of the molecule is CCc1cnc(-n2cc(Br)cn2)s1. The van der Waals surface area contributed by atoms with Gasteiger partial charge in [-0.15, -0.1) is 0 Å². The van der Waals surface area contributed by atoms with Gasteiger partial charge in [-0.1, -0.05) is 18.3 Å². The largest absolute Gasteiger partial charge is 0.227 e. The molecule has 0 saturated carbocycles. The highest BCUT2D eigenvalue weighted by molar-refractivity contribution is 9.10. The summed E-state index contributed by atoms with van der Waals surface area (Å²) in [6.07, 6.45) is 6.58. The smallest absolute Gasteiger partial charge is 0.210 e. The molecule has 0 N–H and O–H groups in total. The highest BCUT2D eigenvalue weighted by atomic mass is 79.9. The summed E-state index contributed by atoms with van der Waals surface area (Å²) in [4.78, 5) is 5.55. The Balaban J connectivity index is 2.35. The lowest BCUT2D eigenvalue weighted by Gasteiger charge is -1.91. The molecule has 0 bridgehead atoms. The second-order valence-corrected chi connectivity index (χ2v) is 4.58. The molecule has 68 valence electrons. The molecule has 0 aromatic carbocycles. The molecule has 3 nitrogen and oxygen atoms in total. The van der Waals surface area contributed by atoms with Gasteiger partial charge in [-0.25, -0.2) is 9.67 Å². The third kappa shape index (κ3) is 1.81. The fourth-order valence-corrected chi connectivity index (χ4v) is 2.04. The Kier molecular flexibility index (Phi) is 2.46. The van der Waals surface area contributed by atoms with E-state index in [1.807, 2.05) is 12.4 Å². The van der Waals surface area contributed by atoms with Crippen molar-refractivity contribution < 1.29 is 0 Å². The number of aryl methyl sites for hydroxylation is 1. The normalized spacial score (nSPS) is 10.6. The van der Waals surface area contributed by atoms with Crippen molar-refractivity contribution in [3.8, 4) is 5.13 Å². The van der Waals surface area contributed by atoms with E-state index in [4.69, 9.17) is 0 Å². The minimum Gasteiger partial charge on any atom is -0.227 e. The van der Waals surface area contributed by atoms with Gasteiger partial charge in [-0.2, -0.15) is 5.10 Å². The van der Waals surface area contributed by atoms with Crippen molar-refractivity contribution in [2.75, 3.05) is 0 Å². The lowest BCUT2D eigenvalue weighted by molar-refractivity contribution is 0.869. The Hall–Kier alpha value is -0.680. The molecule has 13 heavy (non-hydrogen) atoms. The Labute approximate surface area is 88.6 Å². The van der Waals surface area contributed by atoms with Crippen LogP contribution < -0.4 is 0 Å². The molecule has 0 fully saturated rings. The molecule has 2 aromatic rings. The first-order valence-corrected chi connectivity index (χ1v) is 5.56. The predicted octanol–water partition coefficient (Wildman–Crippen LogP) is 2.65. The van der Waals surface area contributed by atoms with Crippen LogP contribution in [0.25, 0.3) is 5.13 Å². The summed E-state index contributed by atoms with van der Waals surface area (Å²) in [6.45, 7) is 2.12. The van der Waals surface area contributed by atoms with Gasteiger partial charge < -0.3 is 0 Å². The van der Waals surface area contributed by atoms with Crippen LogP contribution in [-0.4, -0.2) is 14.8 Å². The minimum absolute atomic E-state index is 0.919. The van der Waals surface area contributed by atoms with Gasteiger partial charge in [0.25, 0.3) is 0 Å². The van der Waals surface area contributed by atoms with Crippen LogP contribution in [0.1, 0.15) is 11.8 Å². The van der Waals surface area contributed by atoms with Crippen molar-refractivity contribution in [3.05, 3.63) is 27.9 Å². The maximum Gasteiger partial charge on any atom is 0.210 e. The molecule has 0 saturated heterocycles. The van der Waals surface area contributed by atoms with Crippen LogP contribution >= 0.6 is 27.3 Å².